The van der Waals surface area contributed by atoms with Gasteiger partial charge < -0.3 is 5.32 Å². The van der Waals surface area contributed by atoms with Gasteiger partial charge in [-0.3, -0.25) is 9.10 Å². The lowest BCUT2D eigenvalue weighted by atomic mass is 10.2. The van der Waals surface area contributed by atoms with Gasteiger partial charge in [-0.25, -0.2) is 12.8 Å². The summed E-state index contributed by atoms with van der Waals surface area (Å²) in [4.78, 5) is 12.2. The lowest BCUT2D eigenvalue weighted by Gasteiger charge is -2.22. The van der Waals surface area contributed by atoms with E-state index >= 15 is 0 Å². The van der Waals surface area contributed by atoms with Crippen molar-refractivity contribution in [3.63, 3.8) is 0 Å². The fourth-order valence-corrected chi connectivity index (χ4v) is 3.05. The lowest BCUT2D eigenvalue weighted by molar-refractivity contribution is -0.114. The zero-order valence-corrected chi connectivity index (χ0v) is 14.7. The predicted molar refractivity (Wildman–Crippen MR) is 93.4 cm³/mol. The van der Waals surface area contributed by atoms with E-state index in [2.05, 4.69) is 5.32 Å². The molecule has 0 aromatic heterocycles. The van der Waals surface area contributed by atoms with E-state index in [4.69, 9.17) is 11.6 Å². The van der Waals surface area contributed by atoms with Crippen LogP contribution in [0, 0.1) is 12.7 Å². The highest BCUT2D eigenvalue weighted by Crippen LogP contribution is 2.21. The molecule has 2 aromatic rings. The van der Waals surface area contributed by atoms with Crippen molar-refractivity contribution in [3.8, 4) is 0 Å². The van der Waals surface area contributed by atoms with Crippen LogP contribution in [0.4, 0.5) is 15.8 Å². The van der Waals surface area contributed by atoms with E-state index in [0.29, 0.717) is 10.7 Å². The Morgan fingerprint density at radius 1 is 1.21 bits per heavy atom. The molecule has 1 amide bonds. The average Bonchev–Trinajstić information content (AvgIpc) is 2.49. The van der Waals surface area contributed by atoms with Crippen LogP contribution < -0.4 is 9.62 Å². The highest BCUT2D eigenvalue weighted by atomic mass is 35.5. The van der Waals surface area contributed by atoms with Crippen molar-refractivity contribution in [1.82, 2.24) is 0 Å². The molecule has 128 valence electrons. The Bertz CT molecular complexity index is 854. The molecule has 2 rings (SSSR count). The normalized spacial score (nSPS) is 11.2. The van der Waals surface area contributed by atoms with E-state index in [1.807, 2.05) is 6.92 Å². The minimum Gasteiger partial charge on any atom is -0.324 e. The van der Waals surface area contributed by atoms with Crippen LogP contribution in [0.15, 0.2) is 42.5 Å². The molecule has 0 radical (unpaired) electrons. The summed E-state index contributed by atoms with van der Waals surface area (Å²) in [7, 11) is -3.71. The molecule has 0 unspecified atom stereocenters. The molecule has 0 heterocycles. The third-order valence-corrected chi connectivity index (χ3v) is 4.81. The van der Waals surface area contributed by atoms with E-state index in [0.717, 1.165) is 28.3 Å². The first-order valence-corrected chi connectivity index (χ1v) is 9.19. The molecule has 8 heteroatoms. The zero-order chi connectivity index (χ0) is 17.9. The van der Waals surface area contributed by atoms with Crippen LogP contribution >= 0.6 is 11.6 Å². The van der Waals surface area contributed by atoms with Crippen LogP contribution in [-0.4, -0.2) is 27.1 Å². The smallest absolute Gasteiger partial charge is 0.245 e. The maximum Gasteiger partial charge on any atom is 0.245 e. The van der Waals surface area contributed by atoms with Gasteiger partial charge in [0.2, 0.25) is 15.9 Å². The summed E-state index contributed by atoms with van der Waals surface area (Å²) < 4.78 is 37.8. The Kier molecular flexibility index (Phi) is 5.46. The van der Waals surface area contributed by atoms with Crippen molar-refractivity contribution in [2.75, 3.05) is 22.4 Å². The number of aryl methyl sites for hydroxylation is 1. The fraction of sp³-hybridized carbons (Fsp3) is 0.188. The molecule has 5 nitrogen and oxygen atoms in total. The molecule has 0 atom stereocenters. The van der Waals surface area contributed by atoms with E-state index in [-0.39, 0.29) is 5.69 Å². The number of carbonyl (C=O) groups excluding carboxylic acids is 1. The molecule has 2 aromatic carbocycles. The van der Waals surface area contributed by atoms with Crippen molar-refractivity contribution >= 4 is 38.9 Å². The van der Waals surface area contributed by atoms with Crippen LogP contribution in [0.25, 0.3) is 0 Å². The maximum absolute atomic E-state index is 13.0. The Morgan fingerprint density at radius 3 is 2.38 bits per heavy atom. The molecular weight excluding hydrogens is 355 g/mol. The Morgan fingerprint density at radius 2 is 1.83 bits per heavy atom. The van der Waals surface area contributed by atoms with Gasteiger partial charge in [-0.2, -0.15) is 0 Å². The highest BCUT2D eigenvalue weighted by molar-refractivity contribution is 7.92. The summed E-state index contributed by atoms with van der Waals surface area (Å²) in [6.45, 7) is 1.39. The Balaban J connectivity index is 2.18. The number of anilines is 2. The standard InChI is InChI=1S/C16H16ClFN2O3S/c1-11-3-6-13(9-15(11)17)19-16(21)10-20(24(2,22)23)14-7-4-12(18)5-8-14/h3-9H,10H2,1-2H3,(H,19,21). The first-order valence-electron chi connectivity index (χ1n) is 6.96. The van der Waals surface area contributed by atoms with Crippen molar-refractivity contribution in [2.24, 2.45) is 0 Å². The number of nitrogens with one attached hydrogen (secondary N) is 1. The van der Waals surface area contributed by atoms with Gasteiger partial charge >= 0.3 is 0 Å². The fourth-order valence-electron chi connectivity index (χ4n) is 2.01. The van der Waals surface area contributed by atoms with Gasteiger partial charge in [0.15, 0.2) is 0 Å². The molecule has 0 aliphatic carbocycles. The van der Waals surface area contributed by atoms with Gasteiger partial charge in [0.05, 0.1) is 11.9 Å². The predicted octanol–water partition coefficient (Wildman–Crippen LogP) is 3.19. The Labute approximate surface area is 145 Å². The minimum atomic E-state index is -3.71. The number of hydrogen-bond acceptors (Lipinski definition) is 3. The number of benzene rings is 2. The molecule has 0 bridgehead atoms. The summed E-state index contributed by atoms with van der Waals surface area (Å²) in [5, 5.41) is 3.08. The lowest BCUT2D eigenvalue weighted by Crippen LogP contribution is -2.37. The van der Waals surface area contributed by atoms with Gasteiger partial charge in [0.1, 0.15) is 12.4 Å². The molecule has 0 saturated carbocycles. The number of halogens is 2. The van der Waals surface area contributed by atoms with Crippen LogP contribution in [0.1, 0.15) is 5.56 Å². The number of amides is 1. The van der Waals surface area contributed by atoms with Crippen molar-refractivity contribution in [3.05, 3.63) is 58.9 Å². The Hall–Kier alpha value is -2.12. The molecular formula is C16H16ClFN2O3S. The van der Waals surface area contributed by atoms with Gasteiger partial charge in [-0.05, 0) is 48.9 Å². The maximum atomic E-state index is 13.0. The summed E-state index contributed by atoms with van der Waals surface area (Å²) in [5.74, 6) is -1.03. The van der Waals surface area contributed by atoms with Crippen molar-refractivity contribution in [1.29, 1.82) is 0 Å². The summed E-state index contributed by atoms with van der Waals surface area (Å²) >= 11 is 5.99. The summed E-state index contributed by atoms with van der Waals surface area (Å²) in [5.41, 5.74) is 1.53. The largest absolute Gasteiger partial charge is 0.324 e. The molecule has 0 spiro atoms. The van der Waals surface area contributed by atoms with Crippen LogP contribution in [0.5, 0.6) is 0 Å². The molecule has 0 saturated heterocycles. The van der Waals surface area contributed by atoms with Crippen LogP contribution in [0.3, 0.4) is 0 Å². The second-order valence-corrected chi connectivity index (χ2v) is 7.57. The number of rotatable bonds is 5. The molecule has 0 aliphatic heterocycles. The molecule has 1 N–H and O–H groups in total. The average molecular weight is 371 g/mol. The SMILES string of the molecule is Cc1ccc(NC(=O)CN(c2ccc(F)cc2)S(C)(=O)=O)cc1Cl. The highest BCUT2D eigenvalue weighted by Gasteiger charge is 2.21. The van der Waals surface area contributed by atoms with Crippen molar-refractivity contribution in [2.45, 2.75) is 6.92 Å². The number of nitrogens with zero attached hydrogens (tertiary/aromatic N) is 1. The number of carbonyl (C=O) groups is 1. The van der Waals surface area contributed by atoms with Gasteiger partial charge in [0, 0.05) is 10.7 Å². The van der Waals surface area contributed by atoms with E-state index in [1.54, 1.807) is 18.2 Å². The minimum absolute atomic E-state index is 0.205. The second-order valence-electron chi connectivity index (χ2n) is 5.26. The van der Waals surface area contributed by atoms with E-state index < -0.39 is 28.3 Å². The summed E-state index contributed by atoms with van der Waals surface area (Å²) in [6, 6.07) is 9.85. The molecule has 24 heavy (non-hydrogen) atoms. The molecule has 0 aliphatic rings. The zero-order valence-electron chi connectivity index (χ0n) is 13.1. The number of hydrogen-bond donors (Lipinski definition) is 1. The molecule has 0 fully saturated rings. The van der Waals surface area contributed by atoms with Gasteiger partial charge in [0.25, 0.3) is 0 Å². The van der Waals surface area contributed by atoms with E-state index in [1.165, 1.54) is 12.1 Å². The first kappa shape index (κ1) is 18.2. The number of sulfonamides is 1. The quantitative estimate of drug-likeness (QED) is 0.878. The third-order valence-electron chi connectivity index (χ3n) is 3.26. The van der Waals surface area contributed by atoms with Crippen LogP contribution in [-0.2, 0) is 14.8 Å². The van der Waals surface area contributed by atoms with Gasteiger partial charge in [-0.15, -0.1) is 0 Å². The second kappa shape index (κ2) is 7.19. The van der Waals surface area contributed by atoms with Crippen LogP contribution in [0.2, 0.25) is 5.02 Å². The van der Waals surface area contributed by atoms with Crippen molar-refractivity contribution < 1.29 is 17.6 Å². The topological polar surface area (TPSA) is 66.5 Å². The summed E-state index contributed by atoms with van der Waals surface area (Å²) in [6.07, 6.45) is 0.979. The third kappa shape index (κ3) is 4.69. The first-order chi connectivity index (χ1) is 11.2. The monoisotopic (exact) mass is 370 g/mol. The van der Waals surface area contributed by atoms with Gasteiger partial charge in [-0.1, -0.05) is 17.7 Å². The van der Waals surface area contributed by atoms with E-state index in [9.17, 15) is 17.6 Å².